The summed E-state index contributed by atoms with van der Waals surface area (Å²) in [5.41, 5.74) is 0. The zero-order valence-electron chi connectivity index (χ0n) is 12.4. The summed E-state index contributed by atoms with van der Waals surface area (Å²) < 4.78 is 27.9. The van der Waals surface area contributed by atoms with Crippen LogP contribution in [0, 0.1) is 11.8 Å². The number of hydrogen-bond donors (Lipinski definition) is 0. The van der Waals surface area contributed by atoms with Crippen molar-refractivity contribution in [2.24, 2.45) is 11.8 Å². The van der Waals surface area contributed by atoms with E-state index >= 15 is 0 Å². The van der Waals surface area contributed by atoms with Crippen LogP contribution in [-0.2, 0) is 10.0 Å². The molecule has 0 bridgehead atoms. The van der Waals surface area contributed by atoms with Crippen LogP contribution < -0.4 is 0 Å². The molecular weight excluding hydrogens is 374 g/mol. The molecule has 2 rings (SSSR count). The lowest BCUT2D eigenvalue weighted by molar-refractivity contribution is 0.341. The van der Waals surface area contributed by atoms with Gasteiger partial charge in [-0.25, -0.2) is 8.42 Å². The Morgan fingerprint density at radius 2 is 2.00 bits per heavy atom. The Labute approximate surface area is 140 Å². The lowest BCUT2D eigenvalue weighted by atomic mass is 9.89. The fraction of sp³-hybridized carbons (Fsp3) is 0.600. The van der Waals surface area contributed by atoms with E-state index in [0.29, 0.717) is 24.9 Å². The van der Waals surface area contributed by atoms with Crippen LogP contribution in [0.1, 0.15) is 33.1 Å². The molecule has 0 radical (unpaired) electrons. The Bertz CT molecular complexity index is 604. The van der Waals surface area contributed by atoms with E-state index in [1.165, 1.54) is 0 Å². The summed E-state index contributed by atoms with van der Waals surface area (Å²) in [6, 6.07) is 4.92. The van der Waals surface area contributed by atoms with Crippen LogP contribution >= 0.6 is 27.5 Å². The molecule has 1 saturated heterocycles. The van der Waals surface area contributed by atoms with E-state index in [-0.39, 0.29) is 9.92 Å². The Morgan fingerprint density at radius 3 is 2.62 bits per heavy atom. The predicted molar refractivity (Wildman–Crippen MR) is 90.1 cm³/mol. The van der Waals surface area contributed by atoms with Crippen molar-refractivity contribution in [3.05, 3.63) is 27.7 Å². The molecule has 1 atom stereocenters. The molecule has 0 spiro atoms. The Hall–Kier alpha value is -0.100. The summed E-state index contributed by atoms with van der Waals surface area (Å²) in [4.78, 5) is 0.204. The SMILES string of the molecule is CC(C)C1CCCN(S(=O)(=O)c2ccc(Br)cc2Cl)CC1. The molecular formula is C15H21BrClNO2S. The van der Waals surface area contributed by atoms with Gasteiger partial charge in [-0.05, 0) is 49.3 Å². The molecule has 0 aromatic heterocycles. The first-order chi connectivity index (χ1) is 9.82. The van der Waals surface area contributed by atoms with Gasteiger partial charge in [0.25, 0.3) is 0 Å². The van der Waals surface area contributed by atoms with Crippen LogP contribution in [0.25, 0.3) is 0 Å². The van der Waals surface area contributed by atoms with Crippen LogP contribution in [0.4, 0.5) is 0 Å². The highest BCUT2D eigenvalue weighted by atomic mass is 79.9. The number of hydrogen-bond acceptors (Lipinski definition) is 2. The molecule has 118 valence electrons. The zero-order valence-corrected chi connectivity index (χ0v) is 15.5. The maximum absolute atomic E-state index is 12.8. The second kappa shape index (κ2) is 6.99. The monoisotopic (exact) mass is 393 g/mol. The molecule has 1 aliphatic rings. The van der Waals surface area contributed by atoms with E-state index in [1.807, 2.05) is 0 Å². The van der Waals surface area contributed by atoms with Crippen LogP contribution in [-0.4, -0.2) is 25.8 Å². The largest absolute Gasteiger partial charge is 0.244 e. The fourth-order valence-electron chi connectivity index (χ4n) is 2.83. The van der Waals surface area contributed by atoms with Crippen LogP contribution in [0.15, 0.2) is 27.6 Å². The Morgan fingerprint density at radius 1 is 1.29 bits per heavy atom. The average molecular weight is 395 g/mol. The fourth-order valence-corrected chi connectivity index (χ4v) is 5.33. The van der Waals surface area contributed by atoms with Crippen molar-refractivity contribution in [1.82, 2.24) is 4.31 Å². The second-order valence-corrected chi connectivity index (χ2v) is 9.14. The van der Waals surface area contributed by atoms with Gasteiger partial charge in [-0.1, -0.05) is 41.4 Å². The molecule has 0 saturated carbocycles. The topological polar surface area (TPSA) is 37.4 Å². The summed E-state index contributed by atoms with van der Waals surface area (Å²) >= 11 is 9.42. The van der Waals surface area contributed by atoms with Gasteiger partial charge in [-0.15, -0.1) is 0 Å². The maximum atomic E-state index is 12.8. The second-order valence-electron chi connectivity index (χ2n) is 5.91. The highest BCUT2D eigenvalue weighted by molar-refractivity contribution is 9.10. The smallest absolute Gasteiger partial charge is 0.207 e. The third-order valence-corrected chi connectivity index (χ3v) is 7.06. The molecule has 1 aromatic rings. The van der Waals surface area contributed by atoms with Gasteiger partial charge in [-0.3, -0.25) is 0 Å². The molecule has 1 aromatic carbocycles. The summed E-state index contributed by atoms with van der Waals surface area (Å²) in [6.45, 7) is 5.58. The van der Waals surface area contributed by atoms with Crippen molar-refractivity contribution in [2.75, 3.05) is 13.1 Å². The van der Waals surface area contributed by atoms with Gasteiger partial charge in [0.2, 0.25) is 10.0 Å². The number of rotatable bonds is 3. The van der Waals surface area contributed by atoms with E-state index in [1.54, 1.807) is 22.5 Å². The number of halogens is 2. The van der Waals surface area contributed by atoms with E-state index in [4.69, 9.17) is 11.6 Å². The van der Waals surface area contributed by atoms with Gasteiger partial charge in [0.1, 0.15) is 4.90 Å². The molecule has 0 aliphatic carbocycles. The van der Waals surface area contributed by atoms with Gasteiger partial charge in [-0.2, -0.15) is 4.31 Å². The number of sulfonamides is 1. The summed E-state index contributed by atoms with van der Waals surface area (Å²) in [5.74, 6) is 1.20. The van der Waals surface area contributed by atoms with Crippen LogP contribution in [0.5, 0.6) is 0 Å². The molecule has 1 fully saturated rings. The molecule has 1 aliphatic heterocycles. The predicted octanol–water partition coefficient (Wildman–Crippen LogP) is 4.55. The minimum absolute atomic E-state index is 0.204. The van der Waals surface area contributed by atoms with E-state index in [2.05, 4.69) is 29.8 Å². The van der Waals surface area contributed by atoms with Gasteiger partial charge in [0.15, 0.2) is 0 Å². The Kier molecular flexibility index (Phi) is 5.74. The van der Waals surface area contributed by atoms with Crippen molar-refractivity contribution in [3.63, 3.8) is 0 Å². The maximum Gasteiger partial charge on any atom is 0.244 e. The molecule has 1 heterocycles. The van der Waals surface area contributed by atoms with Crippen molar-refractivity contribution in [2.45, 2.75) is 38.0 Å². The first kappa shape index (κ1) is 17.3. The lowest BCUT2D eigenvalue weighted by Gasteiger charge is -2.21. The number of nitrogens with zero attached hydrogens (tertiary/aromatic N) is 1. The van der Waals surface area contributed by atoms with Gasteiger partial charge in [0.05, 0.1) is 5.02 Å². The van der Waals surface area contributed by atoms with Crippen molar-refractivity contribution >= 4 is 37.6 Å². The van der Waals surface area contributed by atoms with Gasteiger partial charge in [0, 0.05) is 17.6 Å². The highest BCUT2D eigenvalue weighted by Gasteiger charge is 2.29. The number of benzene rings is 1. The van der Waals surface area contributed by atoms with Crippen molar-refractivity contribution in [3.8, 4) is 0 Å². The van der Waals surface area contributed by atoms with Gasteiger partial charge < -0.3 is 0 Å². The summed E-state index contributed by atoms with van der Waals surface area (Å²) in [5, 5.41) is 0.272. The van der Waals surface area contributed by atoms with E-state index < -0.39 is 10.0 Å². The van der Waals surface area contributed by atoms with Crippen LogP contribution in [0.2, 0.25) is 5.02 Å². The van der Waals surface area contributed by atoms with Crippen molar-refractivity contribution < 1.29 is 8.42 Å². The zero-order chi connectivity index (χ0) is 15.6. The van der Waals surface area contributed by atoms with E-state index in [0.717, 1.165) is 23.7 Å². The third kappa shape index (κ3) is 4.01. The quantitative estimate of drug-likeness (QED) is 0.754. The average Bonchev–Trinajstić information content (AvgIpc) is 2.64. The van der Waals surface area contributed by atoms with Crippen molar-refractivity contribution in [1.29, 1.82) is 0 Å². The molecule has 0 amide bonds. The third-order valence-electron chi connectivity index (χ3n) is 4.19. The summed E-state index contributed by atoms with van der Waals surface area (Å²) in [6.07, 6.45) is 2.93. The molecule has 3 nitrogen and oxygen atoms in total. The molecule has 1 unspecified atom stereocenters. The van der Waals surface area contributed by atoms with Crippen LogP contribution in [0.3, 0.4) is 0 Å². The molecule has 21 heavy (non-hydrogen) atoms. The first-order valence-electron chi connectivity index (χ1n) is 7.27. The van der Waals surface area contributed by atoms with Gasteiger partial charge >= 0.3 is 0 Å². The first-order valence-corrected chi connectivity index (χ1v) is 9.88. The molecule has 6 heteroatoms. The minimum atomic E-state index is -3.50. The summed E-state index contributed by atoms with van der Waals surface area (Å²) in [7, 11) is -3.50. The lowest BCUT2D eigenvalue weighted by Crippen LogP contribution is -2.32. The molecule has 0 N–H and O–H groups in total. The highest BCUT2D eigenvalue weighted by Crippen LogP contribution is 2.31. The van der Waals surface area contributed by atoms with E-state index in [9.17, 15) is 8.42 Å². The standard InChI is InChI=1S/C15H21BrClNO2S/c1-11(2)12-4-3-8-18(9-7-12)21(19,20)15-6-5-13(16)10-14(15)17/h5-6,10-12H,3-4,7-9H2,1-2H3. The Balaban J connectivity index is 2.23. The minimum Gasteiger partial charge on any atom is -0.207 e. The normalized spacial score (nSPS) is 21.5.